The van der Waals surface area contributed by atoms with E-state index in [4.69, 9.17) is 4.74 Å². The maximum Gasteiger partial charge on any atom is 0.127 e. The fraction of sp³-hybridized carbons (Fsp3) is 0.478. The Hall–Kier alpha value is -1.84. The molecule has 2 aromatic carbocycles. The first-order valence-corrected chi connectivity index (χ1v) is 9.37. The van der Waals surface area contributed by atoms with Gasteiger partial charge in [-0.3, -0.25) is 0 Å². The largest absolute Gasteiger partial charge is 0.490 e. The highest BCUT2D eigenvalue weighted by Crippen LogP contribution is 2.30. The Balaban J connectivity index is 1.91. The Kier molecular flexibility index (Phi) is 6.85. The molecule has 0 aliphatic heterocycles. The van der Waals surface area contributed by atoms with Crippen LogP contribution in [0.3, 0.4) is 0 Å². The highest BCUT2D eigenvalue weighted by molar-refractivity contribution is 5.70. The van der Waals surface area contributed by atoms with Crippen LogP contribution in [-0.4, -0.2) is 29.9 Å². The zero-order valence-electron chi connectivity index (χ0n) is 16.8. The first kappa shape index (κ1) is 20.5. The van der Waals surface area contributed by atoms with Gasteiger partial charge in [-0.25, -0.2) is 0 Å². The number of aliphatic hydroxyl groups excluding tert-OH is 1. The Morgan fingerprint density at radius 1 is 0.923 bits per heavy atom. The average molecular weight is 356 g/mol. The molecule has 26 heavy (non-hydrogen) atoms. The van der Waals surface area contributed by atoms with E-state index >= 15 is 0 Å². The number of nitrogens with one attached hydrogen (secondary N) is 1. The molecule has 2 N–H and O–H groups in total. The van der Waals surface area contributed by atoms with E-state index in [0.717, 1.165) is 23.3 Å². The quantitative estimate of drug-likeness (QED) is 0.708. The van der Waals surface area contributed by atoms with E-state index in [1.165, 1.54) is 0 Å². The highest BCUT2D eigenvalue weighted by atomic mass is 16.5. The monoisotopic (exact) mass is 355 g/mol. The summed E-state index contributed by atoms with van der Waals surface area (Å²) in [5, 5.41) is 13.8. The normalized spacial score (nSPS) is 13.5. The number of benzene rings is 2. The van der Waals surface area contributed by atoms with E-state index in [2.05, 4.69) is 52.1 Å². The van der Waals surface area contributed by atoms with Gasteiger partial charge in [0.15, 0.2) is 0 Å². The molecule has 2 rings (SSSR count). The molecule has 0 saturated carbocycles. The molecule has 0 bridgehead atoms. The molecule has 142 valence electrons. The van der Waals surface area contributed by atoms with Gasteiger partial charge in [-0.1, -0.05) is 69.3 Å². The number of rotatable bonds is 8. The molecule has 0 spiro atoms. The molecule has 0 radical (unpaired) electrons. The first-order valence-electron chi connectivity index (χ1n) is 9.37. The summed E-state index contributed by atoms with van der Waals surface area (Å²) in [4.78, 5) is 0. The second-order valence-corrected chi connectivity index (χ2v) is 8.83. The summed E-state index contributed by atoms with van der Waals surface area (Å²) in [6, 6.07) is 18.1. The second kappa shape index (κ2) is 8.70. The molecule has 0 unspecified atom stereocenters. The van der Waals surface area contributed by atoms with Gasteiger partial charge in [-0.05, 0) is 37.3 Å². The van der Waals surface area contributed by atoms with Crippen molar-refractivity contribution in [3.63, 3.8) is 0 Å². The molecule has 2 aromatic rings. The van der Waals surface area contributed by atoms with Crippen molar-refractivity contribution in [1.82, 2.24) is 5.32 Å². The van der Waals surface area contributed by atoms with E-state index < -0.39 is 6.10 Å². The van der Waals surface area contributed by atoms with Crippen LogP contribution in [-0.2, 0) is 0 Å². The molecule has 0 fully saturated rings. The van der Waals surface area contributed by atoms with Crippen LogP contribution in [0, 0.1) is 5.41 Å². The van der Waals surface area contributed by atoms with Crippen LogP contribution >= 0.6 is 0 Å². The maximum absolute atomic E-state index is 10.3. The highest BCUT2D eigenvalue weighted by Gasteiger charge is 2.25. The van der Waals surface area contributed by atoms with Crippen molar-refractivity contribution in [2.75, 3.05) is 13.2 Å². The van der Waals surface area contributed by atoms with Crippen molar-refractivity contribution in [3.8, 4) is 16.9 Å². The van der Waals surface area contributed by atoms with Crippen LogP contribution in [0.5, 0.6) is 5.75 Å². The van der Waals surface area contributed by atoms with Gasteiger partial charge >= 0.3 is 0 Å². The number of β-amino-alcohol motifs (C(OH)–C–C–N with tert-alkyl or cyclic N) is 1. The van der Waals surface area contributed by atoms with Crippen molar-refractivity contribution in [1.29, 1.82) is 0 Å². The lowest BCUT2D eigenvalue weighted by atomic mass is 9.82. The molecule has 0 saturated heterocycles. The van der Waals surface area contributed by atoms with Gasteiger partial charge in [0, 0.05) is 17.6 Å². The molecule has 1 atom stereocenters. The van der Waals surface area contributed by atoms with Gasteiger partial charge in [0.05, 0.1) is 0 Å². The third-order valence-electron chi connectivity index (χ3n) is 4.19. The van der Waals surface area contributed by atoms with Gasteiger partial charge in [0.2, 0.25) is 0 Å². The van der Waals surface area contributed by atoms with E-state index in [1.807, 2.05) is 42.5 Å². The predicted molar refractivity (Wildman–Crippen MR) is 110 cm³/mol. The molecule has 0 heterocycles. The molecular formula is C23H33NO2. The Morgan fingerprint density at radius 2 is 1.54 bits per heavy atom. The fourth-order valence-electron chi connectivity index (χ4n) is 3.48. The number of hydrogen-bond donors (Lipinski definition) is 2. The van der Waals surface area contributed by atoms with Crippen molar-refractivity contribution >= 4 is 0 Å². The van der Waals surface area contributed by atoms with Crippen LogP contribution in [0.1, 0.15) is 41.0 Å². The third kappa shape index (κ3) is 6.81. The predicted octanol–water partition coefficient (Wildman–Crippen LogP) is 4.90. The molecule has 3 heteroatoms. The number of ether oxygens (including phenoxy) is 1. The van der Waals surface area contributed by atoms with E-state index in [-0.39, 0.29) is 17.6 Å². The van der Waals surface area contributed by atoms with Crippen molar-refractivity contribution in [2.45, 2.75) is 52.7 Å². The Morgan fingerprint density at radius 3 is 2.19 bits per heavy atom. The molecule has 0 aliphatic rings. The van der Waals surface area contributed by atoms with E-state index in [1.54, 1.807) is 0 Å². The van der Waals surface area contributed by atoms with Gasteiger partial charge in [0.25, 0.3) is 0 Å². The number of aliphatic hydroxyl groups is 1. The van der Waals surface area contributed by atoms with Crippen LogP contribution in [0.2, 0.25) is 0 Å². The van der Waals surface area contributed by atoms with Crippen molar-refractivity contribution < 1.29 is 9.84 Å². The van der Waals surface area contributed by atoms with Crippen LogP contribution in [0.4, 0.5) is 0 Å². The van der Waals surface area contributed by atoms with Crippen LogP contribution in [0.15, 0.2) is 54.6 Å². The Labute approximate surface area is 158 Å². The minimum Gasteiger partial charge on any atom is -0.490 e. The molecule has 3 nitrogen and oxygen atoms in total. The summed E-state index contributed by atoms with van der Waals surface area (Å²) in [5.74, 6) is 0.798. The summed E-state index contributed by atoms with van der Waals surface area (Å²) >= 11 is 0. The van der Waals surface area contributed by atoms with Gasteiger partial charge < -0.3 is 15.2 Å². The first-order chi connectivity index (χ1) is 12.2. The maximum atomic E-state index is 10.3. The number of hydrogen-bond acceptors (Lipinski definition) is 3. The topological polar surface area (TPSA) is 41.5 Å². The summed E-state index contributed by atoms with van der Waals surface area (Å²) in [6.45, 7) is 11.8. The summed E-state index contributed by atoms with van der Waals surface area (Å²) < 4.78 is 5.93. The summed E-state index contributed by atoms with van der Waals surface area (Å²) in [6.07, 6.45) is 0.475. The second-order valence-electron chi connectivity index (χ2n) is 8.83. The van der Waals surface area contributed by atoms with E-state index in [0.29, 0.717) is 6.54 Å². The standard InChI is InChI=1S/C23H33NO2/c1-22(2,3)17-23(4,5)24-15-19(25)16-26-21-14-10-9-13-20(21)18-11-7-6-8-12-18/h6-14,19,24-25H,15-17H2,1-5H3/t19-/m0/s1. The van der Waals surface area contributed by atoms with Crippen LogP contribution in [0.25, 0.3) is 11.1 Å². The molecule has 0 aliphatic carbocycles. The average Bonchev–Trinajstić information content (AvgIpc) is 2.57. The molecule has 0 amide bonds. The van der Waals surface area contributed by atoms with Gasteiger partial charge in [0.1, 0.15) is 18.5 Å². The fourth-order valence-corrected chi connectivity index (χ4v) is 3.48. The lowest BCUT2D eigenvalue weighted by molar-refractivity contribution is 0.0946. The lowest BCUT2D eigenvalue weighted by Crippen LogP contribution is -2.46. The zero-order valence-corrected chi connectivity index (χ0v) is 16.8. The van der Waals surface area contributed by atoms with Crippen molar-refractivity contribution in [3.05, 3.63) is 54.6 Å². The summed E-state index contributed by atoms with van der Waals surface area (Å²) in [5.41, 5.74) is 2.37. The SMILES string of the molecule is CC(C)(C)CC(C)(C)NC[C@H](O)COc1ccccc1-c1ccccc1. The van der Waals surface area contributed by atoms with Gasteiger partial charge in [-0.2, -0.15) is 0 Å². The lowest BCUT2D eigenvalue weighted by Gasteiger charge is -2.34. The van der Waals surface area contributed by atoms with Crippen molar-refractivity contribution in [2.24, 2.45) is 5.41 Å². The minimum absolute atomic E-state index is 0.0266. The molecule has 0 aromatic heterocycles. The van der Waals surface area contributed by atoms with Crippen LogP contribution < -0.4 is 10.1 Å². The smallest absolute Gasteiger partial charge is 0.127 e. The molecular weight excluding hydrogens is 322 g/mol. The number of para-hydroxylation sites is 1. The van der Waals surface area contributed by atoms with Gasteiger partial charge in [-0.15, -0.1) is 0 Å². The summed E-state index contributed by atoms with van der Waals surface area (Å²) in [7, 11) is 0. The third-order valence-corrected chi connectivity index (χ3v) is 4.19. The minimum atomic E-state index is -0.557. The van der Waals surface area contributed by atoms with E-state index in [9.17, 15) is 5.11 Å². The zero-order chi connectivity index (χ0) is 19.2. The Bertz CT molecular complexity index is 674.